The van der Waals surface area contributed by atoms with Gasteiger partial charge < -0.3 is 9.84 Å². The average molecular weight is 235 g/mol. The fourth-order valence-corrected chi connectivity index (χ4v) is 1.55. The molecule has 0 heterocycles. The van der Waals surface area contributed by atoms with Gasteiger partial charge in [0.15, 0.2) is 0 Å². The van der Waals surface area contributed by atoms with Gasteiger partial charge in [0, 0.05) is 10.6 Å². The number of rotatable bonds is 2. The number of hydrogen-bond donors (Lipinski definition) is 1. The number of benzene rings is 2. The third-order valence-electron chi connectivity index (χ3n) is 2.28. The number of halogens is 1. The monoisotopic (exact) mass is 234 g/mol. The summed E-state index contributed by atoms with van der Waals surface area (Å²) < 4.78 is 5.63. The largest absolute Gasteiger partial charge is 0.508 e. The van der Waals surface area contributed by atoms with E-state index in [0.717, 1.165) is 0 Å². The molecule has 0 aromatic heterocycles. The van der Waals surface area contributed by atoms with Crippen molar-refractivity contribution < 1.29 is 9.84 Å². The lowest BCUT2D eigenvalue weighted by molar-refractivity contribution is 0.448. The second kappa shape index (κ2) is 4.45. The van der Waals surface area contributed by atoms with Gasteiger partial charge in [-0.15, -0.1) is 0 Å². The Balaban J connectivity index is 2.31. The molecule has 0 bridgehead atoms. The number of ether oxygens (including phenoxy) is 1. The lowest BCUT2D eigenvalue weighted by atomic mass is 10.2. The van der Waals surface area contributed by atoms with Gasteiger partial charge in [0.2, 0.25) is 0 Å². The summed E-state index contributed by atoms with van der Waals surface area (Å²) in [5, 5.41) is 10.1. The summed E-state index contributed by atoms with van der Waals surface area (Å²) in [6, 6.07) is 12.3. The molecule has 0 fully saturated rings. The lowest BCUT2D eigenvalue weighted by Gasteiger charge is -2.09. The molecule has 2 aromatic rings. The molecule has 0 saturated carbocycles. The molecule has 2 nitrogen and oxygen atoms in total. The van der Waals surface area contributed by atoms with Gasteiger partial charge in [-0.1, -0.05) is 23.7 Å². The van der Waals surface area contributed by atoms with Crippen LogP contribution in [0.1, 0.15) is 5.56 Å². The molecule has 1 N–H and O–H groups in total. The van der Waals surface area contributed by atoms with Crippen molar-refractivity contribution in [3.63, 3.8) is 0 Å². The SMILES string of the molecule is Cc1c(O)cccc1Oc1cccc(Cl)c1. The van der Waals surface area contributed by atoms with E-state index in [4.69, 9.17) is 16.3 Å². The minimum absolute atomic E-state index is 0.222. The summed E-state index contributed by atoms with van der Waals surface area (Å²) in [7, 11) is 0. The van der Waals surface area contributed by atoms with E-state index in [2.05, 4.69) is 0 Å². The molecule has 82 valence electrons. The third kappa shape index (κ3) is 2.28. The first-order valence-electron chi connectivity index (χ1n) is 4.89. The normalized spacial score (nSPS) is 10.1. The zero-order chi connectivity index (χ0) is 11.5. The molecular formula is C13H11ClO2. The first-order valence-corrected chi connectivity index (χ1v) is 5.26. The van der Waals surface area contributed by atoms with E-state index in [1.54, 1.807) is 37.3 Å². The van der Waals surface area contributed by atoms with Crippen LogP contribution in [0.5, 0.6) is 17.2 Å². The van der Waals surface area contributed by atoms with Crippen LogP contribution in [0.25, 0.3) is 0 Å². The van der Waals surface area contributed by atoms with Crippen molar-refractivity contribution >= 4 is 11.6 Å². The standard InChI is InChI=1S/C13H11ClO2/c1-9-12(15)6-3-7-13(9)16-11-5-2-4-10(14)8-11/h2-8,15H,1H3. The van der Waals surface area contributed by atoms with Gasteiger partial charge >= 0.3 is 0 Å². The van der Waals surface area contributed by atoms with Crippen molar-refractivity contribution in [2.45, 2.75) is 6.92 Å². The van der Waals surface area contributed by atoms with Gasteiger partial charge in [-0.25, -0.2) is 0 Å². The highest BCUT2D eigenvalue weighted by Gasteiger charge is 2.04. The highest BCUT2D eigenvalue weighted by molar-refractivity contribution is 6.30. The first-order chi connectivity index (χ1) is 7.66. The topological polar surface area (TPSA) is 29.5 Å². The first kappa shape index (κ1) is 10.8. The average Bonchev–Trinajstić information content (AvgIpc) is 2.25. The predicted octanol–water partition coefficient (Wildman–Crippen LogP) is 4.15. The number of phenolic OH excluding ortho intramolecular Hbond substituents is 1. The highest BCUT2D eigenvalue weighted by Crippen LogP contribution is 2.30. The van der Waals surface area contributed by atoms with E-state index < -0.39 is 0 Å². The predicted molar refractivity (Wildman–Crippen MR) is 64.4 cm³/mol. The quantitative estimate of drug-likeness (QED) is 0.846. The van der Waals surface area contributed by atoms with Crippen LogP contribution >= 0.6 is 11.6 Å². The highest BCUT2D eigenvalue weighted by atomic mass is 35.5. The fourth-order valence-electron chi connectivity index (χ4n) is 1.37. The second-order valence-corrected chi connectivity index (χ2v) is 3.90. The molecule has 0 spiro atoms. The maximum absolute atomic E-state index is 9.53. The van der Waals surface area contributed by atoms with Gasteiger partial charge in [0.1, 0.15) is 17.2 Å². The summed E-state index contributed by atoms with van der Waals surface area (Å²) in [6.07, 6.45) is 0. The van der Waals surface area contributed by atoms with Crippen LogP contribution in [0.2, 0.25) is 5.02 Å². The Morgan fingerprint density at radius 1 is 1.12 bits per heavy atom. The van der Waals surface area contributed by atoms with Crippen LogP contribution < -0.4 is 4.74 Å². The van der Waals surface area contributed by atoms with Crippen LogP contribution in [0.4, 0.5) is 0 Å². The van der Waals surface area contributed by atoms with Crippen molar-refractivity contribution in [2.75, 3.05) is 0 Å². The van der Waals surface area contributed by atoms with Gasteiger partial charge in [-0.2, -0.15) is 0 Å². The van der Waals surface area contributed by atoms with Crippen LogP contribution in [-0.4, -0.2) is 5.11 Å². The van der Waals surface area contributed by atoms with Gasteiger partial charge in [-0.05, 0) is 37.3 Å². The van der Waals surface area contributed by atoms with E-state index in [-0.39, 0.29) is 5.75 Å². The van der Waals surface area contributed by atoms with E-state index in [0.29, 0.717) is 22.1 Å². The summed E-state index contributed by atoms with van der Waals surface area (Å²) in [6.45, 7) is 1.80. The number of phenols is 1. The minimum Gasteiger partial charge on any atom is -0.508 e. The van der Waals surface area contributed by atoms with Crippen LogP contribution in [0, 0.1) is 6.92 Å². The van der Waals surface area contributed by atoms with Crippen LogP contribution in [-0.2, 0) is 0 Å². The summed E-state index contributed by atoms with van der Waals surface area (Å²) in [5.74, 6) is 1.50. The van der Waals surface area contributed by atoms with Crippen molar-refractivity contribution in [2.24, 2.45) is 0 Å². The third-order valence-corrected chi connectivity index (χ3v) is 2.51. The van der Waals surface area contributed by atoms with E-state index >= 15 is 0 Å². The summed E-state index contributed by atoms with van der Waals surface area (Å²) in [4.78, 5) is 0. The number of aromatic hydroxyl groups is 1. The molecule has 0 atom stereocenters. The van der Waals surface area contributed by atoms with Crippen LogP contribution in [0.3, 0.4) is 0 Å². The maximum Gasteiger partial charge on any atom is 0.134 e. The molecule has 0 aliphatic rings. The Kier molecular flexibility index (Phi) is 3.02. The van der Waals surface area contributed by atoms with Crippen molar-refractivity contribution in [3.05, 3.63) is 53.1 Å². The molecule has 2 aromatic carbocycles. The molecule has 0 aliphatic carbocycles. The Bertz CT molecular complexity index is 509. The Morgan fingerprint density at radius 3 is 2.62 bits per heavy atom. The molecule has 0 amide bonds. The number of hydrogen-bond acceptors (Lipinski definition) is 2. The second-order valence-electron chi connectivity index (χ2n) is 3.46. The van der Waals surface area contributed by atoms with Crippen molar-refractivity contribution in [1.29, 1.82) is 0 Å². The van der Waals surface area contributed by atoms with Crippen molar-refractivity contribution in [1.82, 2.24) is 0 Å². The van der Waals surface area contributed by atoms with E-state index in [1.807, 2.05) is 12.1 Å². The maximum atomic E-state index is 9.53. The molecule has 0 unspecified atom stereocenters. The van der Waals surface area contributed by atoms with Gasteiger partial charge in [0.05, 0.1) is 0 Å². The Hall–Kier alpha value is -1.67. The zero-order valence-electron chi connectivity index (χ0n) is 8.77. The fraction of sp³-hybridized carbons (Fsp3) is 0.0769. The van der Waals surface area contributed by atoms with Crippen molar-refractivity contribution in [3.8, 4) is 17.2 Å². The van der Waals surface area contributed by atoms with Gasteiger partial charge in [-0.3, -0.25) is 0 Å². The van der Waals surface area contributed by atoms with Crippen LogP contribution in [0.15, 0.2) is 42.5 Å². The van der Waals surface area contributed by atoms with E-state index in [9.17, 15) is 5.11 Å². The Labute approximate surface area is 99.1 Å². The smallest absolute Gasteiger partial charge is 0.134 e. The zero-order valence-corrected chi connectivity index (χ0v) is 9.53. The molecular weight excluding hydrogens is 224 g/mol. The molecule has 3 heteroatoms. The minimum atomic E-state index is 0.222. The molecule has 0 radical (unpaired) electrons. The molecule has 0 saturated heterocycles. The summed E-state index contributed by atoms with van der Waals surface area (Å²) >= 11 is 5.85. The lowest BCUT2D eigenvalue weighted by Crippen LogP contribution is -1.87. The van der Waals surface area contributed by atoms with E-state index in [1.165, 1.54) is 0 Å². The van der Waals surface area contributed by atoms with Gasteiger partial charge in [0.25, 0.3) is 0 Å². The summed E-state index contributed by atoms with van der Waals surface area (Å²) in [5.41, 5.74) is 0.711. The molecule has 0 aliphatic heterocycles. The molecule has 2 rings (SSSR count). The Morgan fingerprint density at radius 2 is 1.88 bits per heavy atom. The molecule has 16 heavy (non-hydrogen) atoms.